The number of piperidine rings is 1. The fraction of sp³-hybridized carbons (Fsp3) is 0.812. The second-order valence-corrected chi connectivity index (χ2v) is 30.4. The van der Waals surface area contributed by atoms with Crippen molar-refractivity contribution in [1.82, 2.24) is 60.5 Å². The van der Waals surface area contributed by atoms with Crippen molar-refractivity contribution >= 4 is 76.9 Å². The first-order valence-corrected chi connectivity index (χ1v) is 35.6. The van der Waals surface area contributed by atoms with Gasteiger partial charge in [-0.3, -0.25) is 53.3 Å². The number of imide groups is 1. The topological polar surface area (TPSA) is 302 Å². The van der Waals surface area contributed by atoms with Crippen molar-refractivity contribution in [3.63, 3.8) is 0 Å². The molecule has 2 fully saturated rings. The molecule has 95 heavy (non-hydrogen) atoms. The van der Waals surface area contributed by atoms with Gasteiger partial charge in [-0.05, 0) is 140 Å². The van der Waals surface area contributed by atoms with E-state index < -0.39 is 155 Å². The van der Waals surface area contributed by atoms with E-state index in [4.69, 9.17) is 0 Å². The first kappa shape index (κ1) is 85.2. The van der Waals surface area contributed by atoms with Crippen molar-refractivity contribution in [2.24, 2.45) is 35.5 Å². The van der Waals surface area contributed by atoms with Crippen LogP contribution in [-0.2, 0) is 47.9 Å². The second-order valence-electron chi connectivity index (χ2n) is 29.3. The molecule has 25 nitrogen and oxygen atoms in total. The molecular formula is C69H124N12O13S. The number of nitrogens with one attached hydrogen (secondary N) is 4. The summed E-state index contributed by atoms with van der Waals surface area (Å²) in [7, 11) is 9.77. The van der Waals surface area contributed by atoms with Gasteiger partial charge in [-0.15, -0.1) is 0 Å². The zero-order valence-electron chi connectivity index (χ0n) is 61.9. The van der Waals surface area contributed by atoms with Crippen LogP contribution in [0.1, 0.15) is 175 Å². The van der Waals surface area contributed by atoms with Crippen LogP contribution in [0.5, 0.6) is 0 Å². The fourth-order valence-electron chi connectivity index (χ4n) is 12.3. The monoisotopic (exact) mass is 1360 g/mol. The van der Waals surface area contributed by atoms with Crippen molar-refractivity contribution in [3.8, 4) is 0 Å². The Bertz CT molecular complexity index is 2590. The molecule has 12 atom stereocenters. The number of amides is 12. The number of hydrogen-bond donors (Lipinski definition) is 6. The molecule has 0 saturated carbocycles. The van der Waals surface area contributed by atoms with E-state index in [2.05, 4.69) is 26.2 Å². The lowest BCUT2D eigenvalue weighted by Gasteiger charge is -2.41. The standard InChI is InChI=1S/C69H124N12O13S/c1-24-26-31-46(13)57(82)56-61(86)71-48(25-2)62(87)77(20)53(40-95-35-30-34-81-32-28-27-29-33-81)65(90)76(19)52(39-69(15,16)94)60(85)72-54(44(9)10)66(91)74(17)49(36-41(3)4)59(84)70-47(14)58(83)73-68(93)78(21)51(38-43(7)8)63(88)75(18)50(37-42(5)6)64(89)79(22)55(45(11)12)67(92)80(56)23/h24,26,41-57,82,94H,25,27-40H2,1-23H3,(H,70,84)(H,71,86)(H,72,85)(H,73,83,93)/b26-24+/t46-,47-,48+,49-,50+,51+,52+,53-,54-,55+,56+,57-/m1/s1. The van der Waals surface area contributed by atoms with E-state index in [-0.39, 0.29) is 62.0 Å². The molecule has 0 unspecified atom stereocenters. The molecule has 2 rings (SSSR count). The molecule has 6 N–H and O–H groups in total. The molecule has 0 spiro atoms. The molecule has 0 radical (unpaired) electrons. The Morgan fingerprint density at radius 1 is 0.547 bits per heavy atom. The summed E-state index contributed by atoms with van der Waals surface area (Å²) in [4.78, 5) is 175. The molecule has 2 aliphatic heterocycles. The maximum Gasteiger partial charge on any atom is 0.324 e. The Labute approximate surface area is 573 Å². The van der Waals surface area contributed by atoms with Gasteiger partial charge in [0.2, 0.25) is 59.1 Å². The summed E-state index contributed by atoms with van der Waals surface area (Å²) in [6.07, 6.45) is 6.47. The first-order chi connectivity index (χ1) is 44.1. The number of allylic oxidation sites excluding steroid dienone is 2. The molecule has 0 aliphatic carbocycles. The molecule has 2 saturated heterocycles. The number of rotatable bonds is 21. The summed E-state index contributed by atoms with van der Waals surface area (Å²) in [5, 5.41) is 34.4. The maximum absolute atomic E-state index is 15.4. The highest BCUT2D eigenvalue weighted by Crippen LogP contribution is 2.27. The summed E-state index contributed by atoms with van der Waals surface area (Å²) in [6.45, 7) is 30.2. The minimum Gasteiger partial charge on any atom is -0.390 e. The molecule has 12 amide bonds. The third-order valence-electron chi connectivity index (χ3n) is 18.3. The van der Waals surface area contributed by atoms with E-state index in [0.717, 1.165) is 53.6 Å². The first-order valence-electron chi connectivity index (χ1n) is 34.5. The Hall–Kier alpha value is -5.86. The van der Waals surface area contributed by atoms with Crippen molar-refractivity contribution in [1.29, 1.82) is 0 Å². The van der Waals surface area contributed by atoms with E-state index in [0.29, 0.717) is 5.75 Å². The van der Waals surface area contributed by atoms with Gasteiger partial charge < -0.3 is 65.4 Å². The number of likely N-dealkylation sites (tertiary alicyclic amines) is 1. The van der Waals surface area contributed by atoms with Gasteiger partial charge in [0.15, 0.2) is 0 Å². The number of aliphatic hydroxyl groups is 2. The van der Waals surface area contributed by atoms with Gasteiger partial charge in [0.25, 0.3) is 0 Å². The number of likely N-dealkylation sites (N-methyl/N-ethyl adjacent to an activating group) is 7. The highest BCUT2D eigenvalue weighted by molar-refractivity contribution is 7.99. The minimum absolute atomic E-state index is 0.0172. The molecule has 0 bridgehead atoms. The van der Waals surface area contributed by atoms with Crippen molar-refractivity contribution < 1.29 is 63.0 Å². The highest BCUT2D eigenvalue weighted by atomic mass is 32.2. The third kappa shape index (κ3) is 25.2. The Morgan fingerprint density at radius 3 is 1.53 bits per heavy atom. The molecule has 2 heterocycles. The van der Waals surface area contributed by atoms with E-state index >= 15 is 33.6 Å². The molecule has 544 valence electrons. The number of urea groups is 1. The number of aliphatic hydroxyl groups excluding tert-OH is 1. The van der Waals surface area contributed by atoms with Gasteiger partial charge in [0.1, 0.15) is 60.4 Å². The number of nitrogens with zero attached hydrogens (tertiary/aromatic N) is 8. The normalized spacial score (nSPS) is 26.5. The van der Waals surface area contributed by atoms with Gasteiger partial charge in [0, 0.05) is 61.5 Å². The minimum atomic E-state index is -1.66. The SMILES string of the molecule is C/C=C/C[C@@H](C)[C@@H](O)[C@H]1C(=O)N[C@@H](CC)C(=O)N(C)[C@H](CSCCCN2CCCCC2)C(=O)N(C)[C@@H](CC(C)(C)O)C(=O)N[C@H](C(C)C)C(=O)N(C)[C@H](CC(C)C)C(=O)N[C@H](C)C(=O)NC(=O)N(C)[C@@H](CC(C)C)C(=O)N(C)[C@@H](CC(C)C)C(=O)N(C)[C@@H](C(C)C)C(=O)N1C. The summed E-state index contributed by atoms with van der Waals surface area (Å²) in [5.74, 6) is -9.31. The Morgan fingerprint density at radius 2 is 1.02 bits per heavy atom. The van der Waals surface area contributed by atoms with Crippen LogP contribution in [0.2, 0.25) is 0 Å². The summed E-state index contributed by atoms with van der Waals surface area (Å²) >= 11 is 1.44. The van der Waals surface area contributed by atoms with Gasteiger partial charge in [-0.2, -0.15) is 11.8 Å². The largest absolute Gasteiger partial charge is 0.390 e. The van der Waals surface area contributed by atoms with Gasteiger partial charge >= 0.3 is 6.03 Å². The van der Waals surface area contributed by atoms with Crippen molar-refractivity contribution in [3.05, 3.63) is 12.2 Å². The van der Waals surface area contributed by atoms with Crippen LogP contribution >= 0.6 is 11.8 Å². The van der Waals surface area contributed by atoms with Gasteiger partial charge in [0.05, 0.1) is 11.7 Å². The smallest absolute Gasteiger partial charge is 0.324 e. The van der Waals surface area contributed by atoms with Crippen LogP contribution in [0.25, 0.3) is 0 Å². The lowest BCUT2D eigenvalue weighted by Crippen LogP contribution is -2.64. The van der Waals surface area contributed by atoms with Crippen LogP contribution in [0.15, 0.2) is 12.2 Å². The summed E-state index contributed by atoms with van der Waals surface area (Å²) in [6, 6.07) is -14.4. The molecule has 0 aromatic rings. The predicted molar refractivity (Wildman–Crippen MR) is 372 cm³/mol. The lowest BCUT2D eigenvalue weighted by atomic mass is 9.91. The number of thioether (sulfide) groups is 1. The quantitative estimate of drug-likeness (QED) is 0.0678. The number of carbonyl (C=O) groups is 11. The number of carbonyl (C=O) groups excluding carboxylic acids is 11. The Kier molecular flexibility index (Phi) is 35.5. The van der Waals surface area contributed by atoms with Gasteiger partial charge in [-0.25, -0.2) is 4.79 Å². The van der Waals surface area contributed by atoms with Crippen molar-refractivity contribution in [2.75, 3.05) is 80.5 Å². The molecule has 0 aromatic carbocycles. The highest BCUT2D eigenvalue weighted by Gasteiger charge is 2.47. The van der Waals surface area contributed by atoms with E-state index in [9.17, 15) is 29.4 Å². The summed E-state index contributed by atoms with van der Waals surface area (Å²) < 4.78 is 0. The van der Waals surface area contributed by atoms with Crippen LogP contribution < -0.4 is 21.3 Å². The molecular weight excluding hydrogens is 1240 g/mol. The van der Waals surface area contributed by atoms with E-state index in [1.165, 1.54) is 108 Å². The Balaban J connectivity index is 3.10. The van der Waals surface area contributed by atoms with Crippen molar-refractivity contribution in [2.45, 2.75) is 247 Å². The van der Waals surface area contributed by atoms with Crippen LogP contribution in [0.4, 0.5) is 4.79 Å². The second kappa shape index (κ2) is 39.5. The number of hydrogen-bond acceptors (Lipinski definition) is 15. The average Bonchev–Trinajstić information content (AvgIpc) is 0.810. The fourth-order valence-corrected chi connectivity index (χ4v) is 13.4. The zero-order chi connectivity index (χ0) is 72.8. The van der Waals surface area contributed by atoms with Crippen LogP contribution in [-0.4, -0.2) is 267 Å². The summed E-state index contributed by atoms with van der Waals surface area (Å²) in [5.41, 5.74) is -1.58. The third-order valence-corrected chi connectivity index (χ3v) is 19.5. The lowest BCUT2D eigenvalue weighted by molar-refractivity contribution is -0.157. The maximum atomic E-state index is 15.4. The van der Waals surface area contributed by atoms with Crippen LogP contribution in [0, 0.1) is 35.5 Å². The zero-order valence-corrected chi connectivity index (χ0v) is 62.8. The molecule has 0 aromatic heterocycles. The van der Waals surface area contributed by atoms with E-state index in [1.807, 2.05) is 47.6 Å². The van der Waals surface area contributed by atoms with Crippen LogP contribution in [0.3, 0.4) is 0 Å². The molecule has 2 aliphatic rings. The molecule has 26 heteroatoms. The van der Waals surface area contributed by atoms with Gasteiger partial charge in [-0.1, -0.05) is 102 Å². The van der Waals surface area contributed by atoms with E-state index in [1.54, 1.807) is 54.5 Å². The predicted octanol–water partition coefficient (Wildman–Crippen LogP) is 4.57. The average molecular weight is 1360 g/mol.